The highest BCUT2D eigenvalue weighted by Crippen LogP contribution is 2.23. The lowest BCUT2D eigenvalue weighted by Crippen LogP contribution is -2.23. The van der Waals surface area contributed by atoms with Gasteiger partial charge in [0.2, 0.25) is 0 Å². The molecule has 0 aliphatic heterocycles. The smallest absolute Gasteiger partial charge is 0.339 e. The molecular formula is C16H22O5. The van der Waals surface area contributed by atoms with E-state index in [0.29, 0.717) is 5.75 Å². The number of rotatable bonds is 5. The van der Waals surface area contributed by atoms with Crippen LogP contribution in [0.3, 0.4) is 0 Å². The second-order valence-corrected chi connectivity index (χ2v) is 5.36. The molecule has 0 atom stereocenters. The van der Waals surface area contributed by atoms with Crippen LogP contribution < -0.4 is 4.74 Å². The van der Waals surface area contributed by atoms with E-state index in [4.69, 9.17) is 14.2 Å². The van der Waals surface area contributed by atoms with Crippen LogP contribution in [-0.2, 0) is 9.47 Å². The van der Waals surface area contributed by atoms with Gasteiger partial charge in [-0.25, -0.2) is 9.59 Å². The first-order chi connectivity index (χ1) is 9.78. The molecule has 0 aromatic heterocycles. The van der Waals surface area contributed by atoms with Crippen molar-refractivity contribution >= 4 is 11.9 Å². The van der Waals surface area contributed by atoms with Gasteiger partial charge in [-0.2, -0.15) is 0 Å². The highest BCUT2D eigenvalue weighted by molar-refractivity contribution is 6.03. The molecule has 0 heterocycles. The average molecular weight is 294 g/mol. The molecule has 0 spiro atoms. The molecule has 116 valence electrons. The molecule has 1 rings (SSSR count). The van der Waals surface area contributed by atoms with E-state index in [0.717, 1.165) is 0 Å². The Morgan fingerprint density at radius 1 is 0.952 bits per heavy atom. The zero-order valence-electron chi connectivity index (χ0n) is 13.2. The number of hydrogen-bond donors (Lipinski definition) is 0. The fourth-order valence-electron chi connectivity index (χ4n) is 1.70. The Hall–Kier alpha value is -2.04. The minimum atomic E-state index is -0.570. The predicted octanol–water partition coefficient (Wildman–Crippen LogP) is 3.22. The summed E-state index contributed by atoms with van der Waals surface area (Å²) in [6, 6.07) is 4.67. The normalized spacial score (nSPS) is 10.9. The third kappa shape index (κ3) is 5.10. The Morgan fingerprint density at radius 3 is 1.95 bits per heavy atom. The summed E-state index contributed by atoms with van der Waals surface area (Å²) in [5.74, 6) is -0.624. The number of benzene rings is 1. The number of carbonyl (C=O) groups is 2. The van der Waals surface area contributed by atoms with Crippen LogP contribution in [0.2, 0.25) is 0 Å². The van der Waals surface area contributed by atoms with Gasteiger partial charge in [0, 0.05) is 0 Å². The van der Waals surface area contributed by atoms with Crippen LogP contribution in [0.25, 0.3) is 0 Å². The van der Waals surface area contributed by atoms with E-state index in [2.05, 4.69) is 0 Å². The number of esters is 2. The van der Waals surface area contributed by atoms with Crippen LogP contribution in [0, 0.1) is 0 Å². The molecule has 5 nitrogen and oxygen atoms in total. The summed E-state index contributed by atoms with van der Waals surface area (Å²) in [4.78, 5) is 23.9. The molecule has 0 saturated carbocycles. The van der Waals surface area contributed by atoms with Gasteiger partial charge in [0.05, 0.1) is 24.3 Å². The Morgan fingerprint density at radius 2 is 1.48 bits per heavy atom. The van der Waals surface area contributed by atoms with E-state index < -0.39 is 17.5 Å². The van der Waals surface area contributed by atoms with E-state index in [9.17, 15) is 9.59 Å². The number of hydrogen-bond acceptors (Lipinski definition) is 5. The van der Waals surface area contributed by atoms with Crippen molar-refractivity contribution in [3.05, 3.63) is 29.3 Å². The zero-order valence-corrected chi connectivity index (χ0v) is 13.2. The van der Waals surface area contributed by atoms with Crippen LogP contribution in [0.1, 0.15) is 55.3 Å². The van der Waals surface area contributed by atoms with Gasteiger partial charge in [-0.15, -0.1) is 0 Å². The number of ether oxygens (including phenoxy) is 3. The van der Waals surface area contributed by atoms with E-state index in [1.165, 1.54) is 12.1 Å². The van der Waals surface area contributed by atoms with Crippen molar-refractivity contribution in [3.8, 4) is 5.75 Å². The van der Waals surface area contributed by atoms with Gasteiger partial charge in [-0.05, 0) is 52.8 Å². The van der Waals surface area contributed by atoms with E-state index >= 15 is 0 Å². The summed E-state index contributed by atoms with van der Waals surface area (Å²) >= 11 is 0. The second kappa shape index (κ2) is 7.11. The summed E-state index contributed by atoms with van der Waals surface area (Å²) < 4.78 is 15.6. The Bertz CT molecular complexity index is 514. The van der Waals surface area contributed by atoms with Crippen LogP contribution in [-0.4, -0.2) is 30.8 Å². The summed E-state index contributed by atoms with van der Waals surface area (Å²) in [6.45, 7) is 9.58. The van der Waals surface area contributed by atoms with Crippen molar-refractivity contribution in [2.75, 3.05) is 13.2 Å². The summed E-state index contributed by atoms with van der Waals surface area (Å²) in [5.41, 5.74) is -0.0780. The first-order valence-electron chi connectivity index (χ1n) is 6.95. The highest BCUT2D eigenvalue weighted by atomic mass is 16.5. The van der Waals surface area contributed by atoms with Crippen molar-refractivity contribution in [2.45, 2.75) is 40.2 Å². The summed E-state index contributed by atoms with van der Waals surface area (Å²) in [6.07, 6.45) is 0. The molecular weight excluding hydrogens is 272 g/mol. The van der Waals surface area contributed by atoms with E-state index in [1.54, 1.807) is 19.9 Å². The molecule has 0 unspecified atom stereocenters. The molecule has 0 aliphatic rings. The fourth-order valence-corrected chi connectivity index (χ4v) is 1.70. The monoisotopic (exact) mass is 294 g/mol. The molecule has 1 aromatic rings. The van der Waals surface area contributed by atoms with Crippen LogP contribution in [0.5, 0.6) is 5.75 Å². The van der Waals surface area contributed by atoms with Gasteiger partial charge in [-0.3, -0.25) is 0 Å². The Balaban J connectivity index is 3.19. The molecule has 1 aromatic carbocycles. The quantitative estimate of drug-likeness (QED) is 0.780. The van der Waals surface area contributed by atoms with Crippen molar-refractivity contribution in [1.29, 1.82) is 0 Å². The Kier molecular flexibility index (Phi) is 5.76. The largest absolute Gasteiger partial charge is 0.488 e. The molecule has 0 N–H and O–H groups in total. The zero-order chi connectivity index (χ0) is 16.0. The molecule has 0 saturated heterocycles. The molecule has 0 bridgehead atoms. The van der Waals surface area contributed by atoms with Gasteiger partial charge >= 0.3 is 11.9 Å². The molecule has 21 heavy (non-hydrogen) atoms. The average Bonchev–Trinajstić information content (AvgIpc) is 2.37. The topological polar surface area (TPSA) is 61.8 Å². The maximum absolute atomic E-state index is 12.0. The highest BCUT2D eigenvalue weighted by Gasteiger charge is 2.21. The van der Waals surface area contributed by atoms with Gasteiger partial charge in [0.25, 0.3) is 0 Å². The summed E-state index contributed by atoms with van der Waals surface area (Å²) in [5, 5.41) is 0. The van der Waals surface area contributed by atoms with Crippen LogP contribution in [0.4, 0.5) is 0 Å². The maximum atomic E-state index is 12.0. The standard InChI is InChI=1S/C16H22O5/c1-6-19-14(17)12-9-8-11(21-16(3,4)5)10-13(12)15(18)20-7-2/h8-10H,6-7H2,1-5H3. The third-order valence-electron chi connectivity index (χ3n) is 2.41. The van der Waals surface area contributed by atoms with Crippen molar-refractivity contribution in [2.24, 2.45) is 0 Å². The van der Waals surface area contributed by atoms with Gasteiger partial charge < -0.3 is 14.2 Å². The van der Waals surface area contributed by atoms with Crippen LogP contribution in [0.15, 0.2) is 18.2 Å². The van der Waals surface area contributed by atoms with Crippen LogP contribution >= 0.6 is 0 Å². The molecule has 0 radical (unpaired) electrons. The van der Waals surface area contributed by atoms with E-state index in [-0.39, 0.29) is 24.3 Å². The summed E-state index contributed by atoms with van der Waals surface area (Å²) in [7, 11) is 0. The van der Waals surface area contributed by atoms with Gasteiger partial charge in [-0.1, -0.05) is 0 Å². The lowest BCUT2D eigenvalue weighted by atomic mass is 10.1. The minimum absolute atomic E-state index is 0.150. The number of carbonyl (C=O) groups excluding carboxylic acids is 2. The second-order valence-electron chi connectivity index (χ2n) is 5.36. The molecule has 0 aliphatic carbocycles. The lowest BCUT2D eigenvalue weighted by molar-refractivity contribution is 0.0477. The van der Waals surface area contributed by atoms with E-state index in [1.807, 2.05) is 20.8 Å². The fraction of sp³-hybridized carbons (Fsp3) is 0.500. The van der Waals surface area contributed by atoms with Crippen molar-refractivity contribution in [1.82, 2.24) is 0 Å². The minimum Gasteiger partial charge on any atom is -0.488 e. The maximum Gasteiger partial charge on any atom is 0.339 e. The third-order valence-corrected chi connectivity index (χ3v) is 2.41. The first-order valence-corrected chi connectivity index (χ1v) is 6.95. The first kappa shape index (κ1) is 17.0. The van der Waals surface area contributed by atoms with Gasteiger partial charge in [0.1, 0.15) is 11.4 Å². The Labute approximate surface area is 125 Å². The molecule has 5 heteroatoms. The van der Waals surface area contributed by atoms with Crippen molar-refractivity contribution < 1.29 is 23.8 Å². The molecule has 0 fully saturated rings. The SMILES string of the molecule is CCOC(=O)c1ccc(OC(C)(C)C)cc1C(=O)OCC. The van der Waals surface area contributed by atoms with Gasteiger partial charge in [0.15, 0.2) is 0 Å². The van der Waals surface area contributed by atoms with Crippen molar-refractivity contribution in [3.63, 3.8) is 0 Å². The predicted molar refractivity (Wildman–Crippen MR) is 78.7 cm³/mol. The molecule has 0 amide bonds. The lowest BCUT2D eigenvalue weighted by Gasteiger charge is -2.22.